The molecule has 1 aromatic carbocycles. The molecule has 0 amide bonds. The third-order valence-electron chi connectivity index (χ3n) is 4.21. The zero-order valence-electron chi connectivity index (χ0n) is 17.7. The summed E-state index contributed by atoms with van der Waals surface area (Å²) in [6.07, 6.45) is 6.90. The largest absolute Gasteiger partial charge is 0.457 e. The zero-order chi connectivity index (χ0) is 20.3. The minimum atomic E-state index is -1.84. The van der Waals surface area contributed by atoms with E-state index in [0.717, 1.165) is 12.8 Å². The van der Waals surface area contributed by atoms with E-state index in [9.17, 15) is 4.79 Å². The number of hydrogen-bond donors (Lipinski definition) is 0. The van der Waals surface area contributed by atoms with Gasteiger partial charge >= 0.3 is 5.97 Å². The predicted molar refractivity (Wildman–Crippen MR) is 115 cm³/mol. The molecule has 1 aromatic rings. The molecular weight excluding hydrogens is 354 g/mol. The van der Waals surface area contributed by atoms with Crippen LogP contribution in [-0.2, 0) is 20.6 Å². The highest BCUT2D eigenvalue weighted by Crippen LogP contribution is 2.23. The van der Waals surface area contributed by atoms with Gasteiger partial charge in [0.1, 0.15) is 6.10 Å². The molecule has 0 saturated carbocycles. The highest BCUT2D eigenvalue weighted by atomic mass is 28.4. The Morgan fingerprint density at radius 2 is 1.85 bits per heavy atom. The van der Waals surface area contributed by atoms with Gasteiger partial charge in [0.05, 0.1) is 6.04 Å². The van der Waals surface area contributed by atoms with Gasteiger partial charge in [-0.05, 0) is 37.7 Å². The Balaban J connectivity index is 3.07. The third-order valence-corrected chi connectivity index (χ3v) is 4.99. The Kier molecular flexibility index (Phi) is 10.6. The van der Waals surface area contributed by atoms with Crippen molar-refractivity contribution in [2.45, 2.75) is 84.3 Å². The molecule has 0 radical (unpaired) electrons. The van der Waals surface area contributed by atoms with Crippen molar-refractivity contribution in [3.05, 3.63) is 48.6 Å². The second kappa shape index (κ2) is 12.1. The number of carbonyl (C=O) groups is 1. The van der Waals surface area contributed by atoms with Crippen molar-refractivity contribution in [3.63, 3.8) is 0 Å². The number of esters is 1. The minimum Gasteiger partial charge on any atom is -0.457 e. The standard InChI is InChI=1S/C22H37NO3Si/c1-7-9-10-14-17-21(22(8-2)25-19(3)24)23(26-27(4,5)6)18-20-15-12-11-13-16-20/h8,11-13,15-16,21-22H,2,7,9-10,14,17-18H2,1,3-6H3/t21-,22-/m1/s1. The van der Waals surface area contributed by atoms with Crippen molar-refractivity contribution in [3.8, 4) is 0 Å². The van der Waals surface area contributed by atoms with E-state index in [1.165, 1.54) is 31.7 Å². The lowest BCUT2D eigenvalue weighted by molar-refractivity contribution is -0.166. The van der Waals surface area contributed by atoms with E-state index in [0.29, 0.717) is 6.54 Å². The molecule has 2 atom stereocenters. The average molecular weight is 392 g/mol. The smallest absolute Gasteiger partial charge is 0.303 e. The molecule has 1 rings (SSSR count). The lowest BCUT2D eigenvalue weighted by Crippen LogP contribution is -2.48. The summed E-state index contributed by atoms with van der Waals surface area (Å²) >= 11 is 0. The van der Waals surface area contributed by atoms with Crippen molar-refractivity contribution in [2.75, 3.05) is 0 Å². The third kappa shape index (κ3) is 9.89. The van der Waals surface area contributed by atoms with Crippen LogP contribution in [0.2, 0.25) is 19.6 Å². The highest BCUT2D eigenvalue weighted by Gasteiger charge is 2.32. The molecule has 0 saturated heterocycles. The van der Waals surface area contributed by atoms with Crippen LogP contribution in [0.4, 0.5) is 0 Å². The summed E-state index contributed by atoms with van der Waals surface area (Å²) in [6.45, 7) is 14.8. The van der Waals surface area contributed by atoms with Crippen molar-refractivity contribution < 1.29 is 14.1 Å². The number of rotatable bonds is 13. The molecule has 0 N–H and O–H groups in total. The molecule has 5 heteroatoms. The van der Waals surface area contributed by atoms with Crippen LogP contribution >= 0.6 is 0 Å². The van der Waals surface area contributed by atoms with E-state index in [2.05, 4.69) is 45.3 Å². The van der Waals surface area contributed by atoms with Crippen LogP contribution in [0.5, 0.6) is 0 Å². The van der Waals surface area contributed by atoms with Crippen molar-refractivity contribution in [2.24, 2.45) is 0 Å². The Morgan fingerprint density at radius 1 is 1.19 bits per heavy atom. The first-order chi connectivity index (χ1) is 12.8. The average Bonchev–Trinajstić information content (AvgIpc) is 2.59. The molecule has 0 aliphatic heterocycles. The van der Waals surface area contributed by atoms with Gasteiger partial charge in [0.2, 0.25) is 8.32 Å². The van der Waals surface area contributed by atoms with Crippen LogP contribution in [0.1, 0.15) is 51.5 Å². The molecule has 0 aliphatic carbocycles. The molecule has 0 aromatic heterocycles. The van der Waals surface area contributed by atoms with Gasteiger partial charge in [0.25, 0.3) is 0 Å². The summed E-state index contributed by atoms with van der Waals surface area (Å²) in [7, 11) is -1.84. The van der Waals surface area contributed by atoms with Gasteiger partial charge in [-0.15, -0.1) is 0 Å². The summed E-state index contributed by atoms with van der Waals surface area (Å²) in [6, 6.07) is 10.2. The first-order valence-corrected chi connectivity index (χ1v) is 13.5. The van der Waals surface area contributed by atoms with Gasteiger partial charge < -0.3 is 9.26 Å². The molecule has 0 unspecified atom stereocenters. The molecular formula is C22H37NO3Si. The quantitative estimate of drug-likeness (QED) is 0.142. The van der Waals surface area contributed by atoms with E-state index < -0.39 is 8.32 Å². The van der Waals surface area contributed by atoms with Gasteiger partial charge in [0, 0.05) is 13.5 Å². The number of carbonyl (C=O) groups excluding carboxylic acids is 1. The molecule has 0 aliphatic rings. The van der Waals surface area contributed by atoms with Gasteiger partial charge in [0.15, 0.2) is 0 Å². The summed E-state index contributed by atoms with van der Waals surface area (Å²) < 4.78 is 12.0. The lowest BCUT2D eigenvalue weighted by Gasteiger charge is -2.38. The fourth-order valence-electron chi connectivity index (χ4n) is 3.06. The van der Waals surface area contributed by atoms with Crippen LogP contribution in [0.15, 0.2) is 43.0 Å². The minimum absolute atomic E-state index is 0.0461. The fourth-order valence-corrected chi connectivity index (χ4v) is 3.96. The van der Waals surface area contributed by atoms with Crippen LogP contribution < -0.4 is 0 Å². The van der Waals surface area contributed by atoms with Gasteiger partial charge in [-0.2, -0.15) is 5.06 Å². The summed E-state index contributed by atoms with van der Waals surface area (Å²) in [5.74, 6) is -0.286. The molecule has 0 spiro atoms. The first-order valence-electron chi connectivity index (χ1n) is 10.1. The number of unbranched alkanes of at least 4 members (excludes halogenated alkanes) is 3. The monoisotopic (exact) mass is 391 g/mol. The second-order valence-electron chi connectivity index (χ2n) is 7.99. The number of nitrogens with zero attached hydrogens (tertiary/aromatic N) is 1. The maximum absolute atomic E-state index is 11.6. The molecule has 0 fully saturated rings. The van der Waals surface area contributed by atoms with Crippen LogP contribution in [-0.4, -0.2) is 31.5 Å². The molecule has 27 heavy (non-hydrogen) atoms. The molecule has 0 heterocycles. The Hall–Kier alpha value is -1.43. The van der Waals surface area contributed by atoms with Crippen molar-refractivity contribution in [1.29, 1.82) is 0 Å². The topological polar surface area (TPSA) is 38.8 Å². The Labute approximate surface area is 166 Å². The number of hydroxylamine groups is 2. The van der Waals surface area contributed by atoms with Crippen LogP contribution in [0.3, 0.4) is 0 Å². The van der Waals surface area contributed by atoms with Crippen molar-refractivity contribution >= 4 is 14.3 Å². The number of hydrogen-bond acceptors (Lipinski definition) is 4. The highest BCUT2D eigenvalue weighted by molar-refractivity contribution is 6.69. The zero-order valence-corrected chi connectivity index (χ0v) is 18.7. The van der Waals surface area contributed by atoms with Gasteiger partial charge in [-0.1, -0.05) is 69.5 Å². The van der Waals surface area contributed by atoms with E-state index in [4.69, 9.17) is 9.26 Å². The second-order valence-corrected chi connectivity index (χ2v) is 12.4. The van der Waals surface area contributed by atoms with Crippen LogP contribution in [0, 0.1) is 0 Å². The Bertz CT molecular complexity index is 556. The fraction of sp³-hybridized carbons (Fsp3) is 0.591. The van der Waals surface area contributed by atoms with Gasteiger partial charge in [-0.25, -0.2) is 0 Å². The van der Waals surface area contributed by atoms with Gasteiger partial charge in [-0.3, -0.25) is 4.79 Å². The summed E-state index contributed by atoms with van der Waals surface area (Å²) in [4.78, 5) is 11.6. The summed E-state index contributed by atoms with van der Waals surface area (Å²) in [5, 5.41) is 2.04. The van der Waals surface area contributed by atoms with E-state index in [-0.39, 0.29) is 18.1 Å². The maximum atomic E-state index is 11.6. The van der Waals surface area contributed by atoms with E-state index in [1.54, 1.807) is 6.08 Å². The number of benzene rings is 1. The van der Waals surface area contributed by atoms with E-state index in [1.807, 2.05) is 23.3 Å². The van der Waals surface area contributed by atoms with E-state index >= 15 is 0 Å². The summed E-state index contributed by atoms with van der Waals surface area (Å²) in [5.41, 5.74) is 1.18. The lowest BCUT2D eigenvalue weighted by atomic mass is 10.0. The van der Waals surface area contributed by atoms with Crippen molar-refractivity contribution in [1.82, 2.24) is 5.06 Å². The first kappa shape index (κ1) is 23.6. The Morgan fingerprint density at radius 3 is 2.37 bits per heavy atom. The SMILES string of the molecule is C=C[C@@H](OC(C)=O)[C@@H](CCCCCC)N(Cc1ccccc1)O[Si](C)(C)C. The predicted octanol–water partition coefficient (Wildman–Crippen LogP) is 5.71. The molecule has 152 valence electrons. The maximum Gasteiger partial charge on any atom is 0.303 e. The normalized spacial score (nSPS) is 14.0. The molecule has 0 bridgehead atoms. The van der Waals surface area contributed by atoms with Crippen LogP contribution in [0.25, 0.3) is 0 Å². The molecule has 4 nitrogen and oxygen atoms in total. The number of ether oxygens (including phenoxy) is 1.